The molecule has 2 aliphatic carbocycles. The van der Waals surface area contributed by atoms with Crippen LogP contribution in [0, 0.1) is 5.92 Å². The van der Waals surface area contributed by atoms with E-state index in [2.05, 4.69) is 27.0 Å². The lowest BCUT2D eigenvalue weighted by Gasteiger charge is -2.34. The first-order valence-corrected chi connectivity index (χ1v) is 10.2. The summed E-state index contributed by atoms with van der Waals surface area (Å²) in [6, 6.07) is 0.685. The van der Waals surface area contributed by atoms with Crippen LogP contribution in [0.15, 0.2) is 12.5 Å². The van der Waals surface area contributed by atoms with Crippen LogP contribution in [-0.4, -0.2) is 40.3 Å². The predicted octanol–water partition coefficient (Wildman–Crippen LogP) is 4.17. The number of nitrogens with zero attached hydrogens (tertiary/aromatic N) is 3. The van der Waals surface area contributed by atoms with Crippen molar-refractivity contribution in [3.8, 4) is 0 Å². The van der Waals surface area contributed by atoms with Crippen LogP contribution in [0.1, 0.15) is 75.9 Å². The lowest BCUT2D eigenvalue weighted by Crippen LogP contribution is -2.38. The summed E-state index contributed by atoms with van der Waals surface area (Å²) in [5, 5.41) is 0. The average Bonchev–Trinajstić information content (AvgIpc) is 3.23. The Kier molecular flexibility index (Phi) is 5.53. The highest BCUT2D eigenvalue weighted by Crippen LogP contribution is 2.31. The summed E-state index contributed by atoms with van der Waals surface area (Å²) >= 11 is 0. The van der Waals surface area contributed by atoms with Crippen molar-refractivity contribution in [2.45, 2.75) is 82.9 Å². The fourth-order valence-corrected chi connectivity index (χ4v) is 4.69. The minimum Gasteiger partial charge on any atom is -0.377 e. The smallest absolute Gasteiger partial charge is 0.0951 e. The van der Waals surface area contributed by atoms with Gasteiger partial charge in [0.25, 0.3) is 0 Å². The van der Waals surface area contributed by atoms with Crippen molar-refractivity contribution in [2.75, 3.05) is 19.7 Å². The van der Waals surface area contributed by atoms with Crippen LogP contribution in [0.4, 0.5) is 0 Å². The third kappa shape index (κ3) is 4.02. The molecule has 1 atom stereocenters. The first-order chi connectivity index (χ1) is 11.9. The van der Waals surface area contributed by atoms with Crippen LogP contribution in [0.5, 0.6) is 0 Å². The normalized spacial score (nSPS) is 26.1. The van der Waals surface area contributed by atoms with Crippen LogP contribution >= 0.6 is 0 Å². The number of ether oxygens (including phenoxy) is 1. The number of rotatable bonds is 7. The molecule has 1 aromatic rings. The molecular weight excluding hydrogens is 298 g/mol. The monoisotopic (exact) mass is 331 g/mol. The van der Waals surface area contributed by atoms with Crippen molar-refractivity contribution in [1.82, 2.24) is 14.5 Å². The van der Waals surface area contributed by atoms with E-state index in [0.717, 1.165) is 25.6 Å². The predicted molar refractivity (Wildman–Crippen MR) is 95.9 cm³/mol. The van der Waals surface area contributed by atoms with Crippen molar-refractivity contribution in [2.24, 2.45) is 5.92 Å². The second kappa shape index (κ2) is 8.01. The largest absolute Gasteiger partial charge is 0.377 e. The maximum Gasteiger partial charge on any atom is 0.0951 e. The van der Waals surface area contributed by atoms with E-state index in [0.29, 0.717) is 12.1 Å². The van der Waals surface area contributed by atoms with E-state index >= 15 is 0 Å². The van der Waals surface area contributed by atoms with Gasteiger partial charge in [-0.15, -0.1) is 0 Å². The molecule has 2 heterocycles. The van der Waals surface area contributed by atoms with E-state index in [9.17, 15) is 0 Å². The zero-order valence-corrected chi connectivity index (χ0v) is 15.0. The van der Waals surface area contributed by atoms with Crippen molar-refractivity contribution in [1.29, 1.82) is 0 Å². The topological polar surface area (TPSA) is 30.3 Å². The summed E-state index contributed by atoms with van der Waals surface area (Å²) < 4.78 is 8.41. The molecule has 0 bridgehead atoms. The summed E-state index contributed by atoms with van der Waals surface area (Å²) in [7, 11) is 0. The Morgan fingerprint density at radius 1 is 1.00 bits per heavy atom. The highest BCUT2D eigenvalue weighted by Gasteiger charge is 2.26. The Hall–Kier alpha value is -0.870. The Balaban J connectivity index is 1.41. The quantitative estimate of drug-likeness (QED) is 0.751. The maximum atomic E-state index is 5.92. The molecule has 0 amide bonds. The van der Waals surface area contributed by atoms with Gasteiger partial charge in [0.1, 0.15) is 0 Å². The van der Waals surface area contributed by atoms with Crippen LogP contribution in [0.25, 0.3) is 0 Å². The molecule has 2 saturated carbocycles. The SMILES string of the molecule is c1ncn(C2CCCCC2)c1CN(CC1CCC1)C[C@H]1CCCO1. The van der Waals surface area contributed by atoms with Gasteiger partial charge < -0.3 is 9.30 Å². The molecule has 3 aliphatic rings. The molecule has 4 heteroatoms. The molecule has 0 aromatic carbocycles. The molecule has 0 unspecified atom stereocenters. The van der Waals surface area contributed by atoms with Crippen LogP contribution in [0.3, 0.4) is 0 Å². The Bertz CT molecular complexity index is 499. The van der Waals surface area contributed by atoms with Crippen molar-refractivity contribution in [3.63, 3.8) is 0 Å². The van der Waals surface area contributed by atoms with Gasteiger partial charge in [0, 0.05) is 38.5 Å². The number of hydrogen-bond donors (Lipinski definition) is 0. The molecule has 3 fully saturated rings. The molecular formula is C20H33N3O. The summed E-state index contributed by atoms with van der Waals surface area (Å²) in [5.41, 5.74) is 1.42. The molecule has 24 heavy (non-hydrogen) atoms. The fraction of sp³-hybridized carbons (Fsp3) is 0.850. The molecule has 1 aliphatic heterocycles. The zero-order valence-electron chi connectivity index (χ0n) is 15.0. The van der Waals surface area contributed by atoms with Crippen molar-refractivity contribution in [3.05, 3.63) is 18.2 Å². The standard InChI is InChI=1S/C20H33N3O/c1-2-8-18(9-3-1)23-16-21-12-19(23)14-22(13-17-6-4-7-17)15-20-10-5-11-24-20/h12,16-18,20H,1-11,13-15H2/t20-/m1/s1. The van der Waals surface area contributed by atoms with E-state index < -0.39 is 0 Å². The van der Waals surface area contributed by atoms with Gasteiger partial charge >= 0.3 is 0 Å². The fourth-order valence-electron chi connectivity index (χ4n) is 4.69. The van der Waals surface area contributed by atoms with Crippen molar-refractivity contribution >= 4 is 0 Å². The lowest BCUT2D eigenvalue weighted by molar-refractivity contribution is 0.0568. The van der Waals surface area contributed by atoms with Gasteiger partial charge in [-0.25, -0.2) is 4.98 Å². The first-order valence-electron chi connectivity index (χ1n) is 10.2. The third-order valence-electron chi connectivity index (χ3n) is 6.33. The van der Waals surface area contributed by atoms with Gasteiger partial charge in [-0.2, -0.15) is 0 Å². The maximum absolute atomic E-state index is 5.92. The summed E-state index contributed by atoms with van der Waals surface area (Å²) in [6.45, 7) is 4.36. The van der Waals surface area contributed by atoms with Crippen LogP contribution < -0.4 is 0 Å². The lowest BCUT2D eigenvalue weighted by atomic mass is 9.85. The molecule has 4 rings (SSSR count). The number of aromatic nitrogens is 2. The van der Waals surface area contributed by atoms with E-state index in [4.69, 9.17) is 4.74 Å². The van der Waals surface area contributed by atoms with Gasteiger partial charge in [-0.3, -0.25) is 4.90 Å². The zero-order chi connectivity index (χ0) is 16.2. The van der Waals surface area contributed by atoms with Crippen LogP contribution in [0.2, 0.25) is 0 Å². The van der Waals surface area contributed by atoms with Gasteiger partial charge in [-0.1, -0.05) is 25.7 Å². The van der Waals surface area contributed by atoms with Gasteiger partial charge in [0.05, 0.1) is 18.1 Å². The average molecular weight is 332 g/mol. The van der Waals surface area contributed by atoms with Gasteiger partial charge in [-0.05, 0) is 44.4 Å². The second-order valence-corrected chi connectivity index (χ2v) is 8.21. The first kappa shape index (κ1) is 16.6. The highest BCUT2D eigenvalue weighted by molar-refractivity contribution is 5.01. The molecule has 0 N–H and O–H groups in total. The minimum absolute atomic E-state index is 0.455. The van der Waals surface area contributed by atoms with Gasteiger partial charge in [0.15, 0.2) is 0 Å². The summed E-state index contributed by atoms with van der Waals surface area (Å²) in [4.78, 5) is 7.16. The third-order valence-corrected chi connectivity index (χ3v) is 6.33. The number of imidazole rings is 1. The molecule has 1 saturated heterocycles. The van der Waals surface area contributed by atoms with Crippen LogP contribution in [-0.2, 0) is 11.3 Å². The van der Waals surface area contributed by atoms with Crippen molar-refractivity contribution < 1.29 is 4.74 Å². The molecule has 0 spiro atoms. The number of hydrogen-bond acceptors (Lipinski definition) is 3. The second-order valence-electron chi connectivity index (χ2n) is 8.21. The van der Waals surface area contributed by atoms with E-state index in [1.807, 2.05) is 0 Å². The Labute approximate surface area is 146 Å². The van der Waals surface area contributed by atoms with E-state index in [1.54, 1.807) is 0 Å². The van der Waals surface area contributed by atoms with Gasteiger partial charge in [0.2, 0.25) is 0 Å². The van der Waals surface area contributed by atoms with E-state index in [1.165, 1.54) is 76.4 Å². The Morgan fingerprint density at radius 3 is 2.58 bits per heavy atom. The summed E-state index contributed by atoms with van der Waals surface area (Å²) in [6.07, 6.45) is 18.2. The Morgan fingerprint density at radius 2 is 1.88 bits per heavy atom. The van der Waals surface area contributed by atoms with E-state index in [-0.39, 0.29) is 0 Å². The molecule has 4 nitrogen and oxygen atoms in total. The summed E-state index contributed by atoms with van der Waals surface area (Å²) in [5.74, 6) is 0.914. The molecule has 134 valence electrons. The molecule has 1 aromatic heterocycles. The molecule has 0 radical (unpaired) electrons. The minimum atomic E-state index is 0.455. The highest BCUT2D eigenvalue weighted by atomic mass is 16.5.